The number of nitrogens with zero attached hydrogens (tertiary/aromatic N) is 3. The highest BCUT2D eigenvalue weighted by molar-refractivity contribution is 5.23. The number of hydrogen-bond acceptors (Lipinski definition) is 6. The zero-order valence-corrected chi connectivity index (χ0v) is 14.8. The molecule has 0 amide bonds. The fourth-order valence-corrected chi connectivity index (χ4v) is 2.27. The van der Waals surface area contributed by atoms with E-state index >= 15 is 0 Å². The van der Waals surface area contributed by atoms with Gasteiger partial charge in [-0.05, 0) is 43.4 Å². The molecule has 0 radical (unpaired) electrons. The van der Waals surface area contributed by atoms with E-state index in [1.807, 2.05) is 11.9 Å². The Kier molecular flexibility index (Phi) is 6.32. The number of ether oxygens (including phenoxy) is 2. The topological polar surface area (TPSA) is 60.6 Å². The van der Waals surface area contributed by atoms with Gasteiger partial charge in [-0.2, -0.15) is 4.98 Å². The summed E-state index contributed by atoms with van der Waals surface area (Å²) in [5, 5.41) is 3.85. The van der Waals surface area contributed by atoms with Gasteiger partial charge in [0.1, 0.15) is 18.2 Å². The van der Waals surface area contributed by atoms with E-state index in [4.69, 9.17) is 14.0 Å². The van der Waals surface area contributed by atoms with Crippen LogP contribution in [0.3, 0.4) is 0 Å². The highest BCUT2D eigenvalue weighted by atomic mass is 19.1. The van der Waals surface area contributed by atoms with E-state index in [1.54, 1.807) is 18.2 Å². The second-order valence-corrected chi connectivity index (χ2v) is 5.86. The van der Waals surface area contributed by atoms with Crippen LogP contribution in [0.4, 0.5) is 8.78 Å². The Balaban J connectivity index is 1.41. The third kappa shape index (κ3) is 5.75. The second-order valence-electron chi connectivity index (χ2n) is 5.86. The Hall–Kier alpha value is -3.00. The molecular formula is C19H19F2N3O3. The van der Waals surface area contributed by atoms with Gasteiger partial charge in [0.2, 0.25) is 11.7 Å². The van der Waals surface area contributed by atoms with Crippen LogP contribution in [0.1, 0.15) is 11.7 Å². The van der Waals surface area contributed by atoms with Crippen molar-refractivity contribution >= 4 is 0 Å². The molecule has 8 heteroatoms. The number of rotatable bonds is 9. The highest BCUT2D eigenvalue weighted by Gasteiger charge is 2.10. The summed E-state index contributed by atoms with van der Waals surface area (Å²) >= 11 is 0. The lowest BCUT2D eigenvalue weighted by molar-refractivity contribution is 0.208. The van der Waals surface area contributed by atoms with E-state index in [9.17, 15) is 8.78 Å². The molecule has 0 aliphatic heterocycles. The molecular weight excluding hydrogens is 356 g/mol. The molecule has 0 bridgehead atoms. The van der Waals surface area contributed by atoms with E-state index < -0.39 is 0 Å². The van der Waals surface area contributed by atoms with Gasteiger partial charge in [0.15, 0.2) is 18.2 Å². The van der Waals surface area contributed by atoms with Gasteiger partial charge in [-0.1, -0.05) is 17.3 Å². The molecule has 1 aromatic heterocycles. The average molecular weight is 375 g/mol. The molecule has 2 aromatic carbocycles. The second kappa shape index (κ2) is 9.09. The van der Waals surface area contributed by atoms with Gasteiger partial charge in [0.25, 0.3) is 0 Å². The summed E-state index contributed by atoms with van der Waals surface area (Å²) in [5.41, 5.74) is 0. The summed E-state index contributed by atoms with van der Waals surface area (Å²) in [6, 6.07) is 12.0. The maximum Gasteiger partial charge on any atom is 0.240 e. The summed E-state index contributed by atoms with van der Waals surface area (Å²) in [6.45, 7) is 1.42. The van der Waals surface area contributed by atoms with E-state index in [0.717, 1.165) is 0 Å². The molecule has 0 spiro atoms. The van der Waals surface area contributed by atoms with Crippen LogP contribution in [-0.4, -0.2) is 35.2 Å². The maximum absolute atomic E-state index is 13.5. The lowest BCUT2D eigenvalue weighted by Gasteiger charge is -2.14. The van der Waals surface area contributed by atoms with Gasteiger partial charge in [-0.3, -0.25) is 4.90 Å². The summed E-state index contributed by atoms with van der Waals surface area (Å²) in [7, 11) is 1.86. The largest absolute Gasteiger partial charge is 0.489 e. The number of aromatic nitrogens is 2. The lowest BCUT2D eigenvalue weighted by Crippen LogP contribution is -2.24. The van der Waals surface area contributed by atoms with E-state index in [-0.39, 0.29) is 24.0 Å². The first kappa shape index (κ1) is 18.8. The van der Waals surface area contributed by atoms with E-state index in [2.05, 4.69) is 10.1 Å². The molecule has 3 rings (SSSR count). The van der Waals surface area contributed by atoms with Gasteiger partial charge in [-0.15, -0.1) is 0 Å². The van der Waals surface area contributed by atoms with Crippen LogP contribution in [-0.2, 0) is 13.2 Å². The van der Waals surface area contributed by atoms with Gasteiger partial charge >= 0.3 is 0 Å². The Bertz CT molecular complexity index is 855. The normalized spacial score (nSPS) is 11.0. The van der Waals surface area contributed by atoms with Crippen molar-refractivity contribution in [2.75, 3.05) is 20.2 Å². The van der Waals surface area contributed by atoms with E-state index in [1.165, 1.54) is 30.3 Å². The maximum atomic E-state index is 13.5. The molecule has 0 aliphatic rings. The van der Waals surface area contributed by atoms with Gasteiger partial charge < -0.3 is 14.0 Å². The smallest absolute Gasteiger partial charge is 0.240 e. The first-order valence-corrected chi connectivity index (χ1v) is 8.36. The quantitative estimate of drug-likeness (QED) is 0.571. The number of halogens is 2. The third-order valence-corrected chi connectivity index (χ3v) is 3.66. The number of likely N-dealkylation sites (N-methyl/N-ethyl adjacent to an activating group) is 1. The van der Waals surface area contributed by atoms with Crippen LogP contribution in [0, 0.1) is 11.6 Å². The van der Waals surface area contributed by atoms with Crippen molar-refractivity contribution in [3.05, 3.63) is 71.9 Å². The van der Waals surface area contributed by atoms with Gasteiger partial charge in [0.05, 0.1) is 6.54 Å². The summed E-state index contributed by atoms with van der Waals surface area (Å²) in [4.78, 5) is 6.16. The van der Waals surface area contributed by atoms with Crippen LogP contribution < -0.4 is 9.47 Å². The van der Waals surface area contributed by atoms with Crippen molar-refractivity contribution in [3.63, 3.8) is 0 Å². The standard InChI is InChI=1S/C19H19F2N3O3/c1-24(10-11-25-17-5-3-2-4-16(17)21)12-19-22-18(23-27-19)13-26-15-8-6-14(20)7-9-15/h2-9H,10-13H2,1H3. The number of para-hydroxylation sites is 1. The predicted octanol–water partition coefficient (Wildman–Crippen LogP) is 3.44. The molecule has 3 aromatic rings. The highest BCUT2D eigenvalue weighted by Crippen LogP contribution is 2.15. The molecule has 142 valence electrons. The first-order chi connectivity index (χ1) is 13.1. The predicted molar refractivity (Wildman–Crippen MR) is 93.3 cm³/mol. The number of hydrogen-bond donors (Lipinski definition) is 0. The Labute approximate surface area is 155 Å². The fourth-order valence-electron chi connectivity index (χ4n) is 2.27. The minimum Gasteiger partial charge on any atom is -0.489 e. The average Bonchev–Trinajstić information content (AvgIpc) is 3.10. The molecule has 1 heterocycles. The molecule has 0 fully saturated rings. The van der Waals surface area contributed by atoms with Crippen molar-refractivity contribution in [2.24, 2.45) is 0 Å². The minimum atomic E-state index is -0.386. The van der Waals surface area contributed by atoms with Crippen molar-refractivity contribution in [1.29, 1.82) is 0 Å². The van der Waals surface area contributed by atoms with Crippen molar-refractivity contribution in [2.45, 2.75) is 13.2 Å². The van der Waals surface area contributed by atoms with Crippen LogP contribution in [0.2, 0.25) is 0 Å². The van der Waals surface area contributed by atoms with Gasteiger partial charge in [0, 0.05) is 6.54 Å². The van der Waals surface area contributed by atoms with Crippen molar-refractivity contribution < 1.29 is 22.8 Å². The van der Waals surface area contributed by atoms with Crippen LogP contribution in [0.15, 0.2) is 53.1 Å². The van der Waals surface area contributed by atoms with Crippen LogP contribution in [0.25, 0.3) is 0 Å². The lowest BCUT2D eigenvalue weighted by atomic mass is 10.3. The summed E-state index contributed by atoms with van der Waals surface area (Å²) < 4.78 is 42.4. The zero-order chi connectivity index (χ0) is 19.1. The van der Waals surface area contributed by atoms with Crippen LogP contribution >= 0.6 is 0 Å². The molecule has 27 heavy (non-hydrogen) atoms. The molecule has 0 saturated carbocycles. The molecule has 0 N–H and O–H groups in total. The Morgan fingerprint density at radius 1 is 1.04 bits per heavy atom. The van der Waals surface area contributed by atoms with Gasteiger partial charge in [-0.25, -0.2) is 8.78 Å². The third-order valence-electron chi connectivity index (χ3n) is 3.66. The van der Waals surface area contributed by atoms with Crippen molar-refractivity contribution in [3.8, 4) is 11.5 Å². The Morgan fingerprint density at radius 2 is 1.81 bits per heavy atom. The number of benzene rings is 2. The molecule has 0 atom stereocenters. The molecule has 0 aliphatic carbocycles. The SMILES string of the molecule is CN(CCOc1ccccc1F)Cc1nc(COc2ccc(F)cc2)no1. The van der Waals surface area contributed by atoms with E-state index in [0.29, 0.717) is 37.2 Å². The Morgan fingerprint density at radius 3 is 2.59 bits per heavy atom. The van der Waals surface area contributed by atoms with Crippen LogP contribution in [0.5, 0.6) is 11.5 Å². The molecule has 0 saturated heterocycles. The first-order valence-electron chi connectivity index (χ1n) is 8.36. The summed E-state index contributed by atoms with van der Waals surface area (Å²) in [6.07, 6.45) is 0. The molecule has 6 nitrogen and oxygen atoms in total. The minimum absolute atomic E-state index is 0.120. The van der Waals surface area contributed by atoms with Crippen molar-refractivity contribution in [1.82, 2.24) is 15.0 Å². The monoisotopic (exact) mass is 375 g/mol. The summed E-state index contributed by atoms with van der Waals surface area (Å²) in [5.74, 6) is 0.856. The zero-order valence-electron chi connectivity index (χ0n) is 14.8. The fraction of sp³-hybridized carbons (Fsp3) is 0.263. The molecule has 0 unspecified atom stereocenters.